The van der Waals surface area contributed by atoms with E-state index in [0.717, 1.165) is 54.1 Å². The van der Waals surface area contributed by atoms with Crippen LogP contribution in [0.4, 0.5) is 0 Å². The molecule has 2 fully saturated rings. The van der Waals surface area contributed by atoms with Crippen LogP contribution in [-0.4, -0.2) is 36.6 Å². The SMILES string of the molecule is CN1C2CCC1C(Cc1ccc3c(c1)OCO3)C(=O)C2Cc1ccc2c(c1)COO2. The summed E-state index contributed by atoms with van der Waals surface area (Å²) in [5.74, 6) is 2.80. The molecule has 0 radical (unpaired) electrons. The minimum absolute atomic E-state index is 0.0141. The van der Waals surface area contributed by atoms with Crippen LogP contribution in [0, 0.1) is 11.8 Å². The van der Waals surface area contributed by atoms with Crippen molar-refractivity contribution < 1.29 is 24.0 Å². The fourth-order valence-corrected chi connectivity index (χ4v) is 5.78. The Hall–Kier alpha value is -2.57. The van der Waals surface area contributed by atoms with Gasteiger partial charge in [0.1, 0.15) is 12.4 Å². The maximum Gasteiger partial charge on any atom is 0.231 e. The molecule has 0 saturated carbocycles. The van der Waals surface area contributed by atoms with Gasteiger partial charge >= 0.3 is 0 Å². The standard InChI is InChI=1S/C24H25NO5/c1-25-19-4-5-20(25)18(10-15-3-7-22-23(11-15)28-13-27-22)24(26)17(19)9-14-2-6-21-16(8-14)12-29-30-21/h2-3,6-8,11,17-20H,4-5,9-10,12-13H2,1H3. The van der Waals surface area contributed by atoms with E-state index in [9.17, 15) is 4.79 Å². The highest BCUT2D eigenvalue weighted by Crippen LogP contribution is 2.43. The largest absolute Gasteiger partial charge is 0.454 e. The average Bonchev–Trinajstić information content (AvgIpc) is 3.47. The number of piperidine rings is 1. The van der Waals surface area contributed by atoms with E-state index >= 15 is 0 Å². The lowest BCUT2D eigenvalue weighted by molar-refractivity contribution is -0.194. The lowest BCUT2D eigenvalue weighted by Gasteiger charge is -2.41. The predicted octanol–water partition coefficient (Wildman–Crippen LogP) is 3.30. The van der Waals surface area contributed by atoms with E-state index in [0.29, 0.717) is 24.5 Å². The van der Waals surface area contributed by atoms with Crippen molar-refractivity contribution in [3.63, 3.8) is 0 Å². The zero-order chi connectivity index (χ0) is 20.2. The first kappa shape index (κ1) is 18.2. The fourth-order valence-electron chi connectivity index (χ4n) is 5.78. The van der Waals surface area contributed by atoms with Gasteiger partial charge in [-0.05, 0) is 68.1 Å². The molecule has 2 aromatic rings. The predicted molar refractivity (Wildman–Crippen MR) is 108 cm³/mol. The van der Waals surface area contributed by atoms with Gasteiger partial charge in [0.25, 0.3) is 0 Å². The first-order valence-corrected chi connectivity index (χ1v) is 10.7. The monoisotopic (exact) mass is 407 g/mol. The number of rotatable bonds is 4. The van der Waals surface area contributed by atoms with Crippen LogP contribution in [0.1, 0.15) is 29.5 Å². The summed E-state index contributed by atoms with van der Waals surface area (Å²) in [4.78, 5) is 26.4. The minimum atomic E-state index is 0.0141. The summed E-state index contributed by atoms with van der Waals surface area (Å²) < 4.78 is 11.0. The van der Waals surface area contributed by atoms with E-state index in [1.54, 1.807) is 0 Å². The first-order valence-electron chi connectivity index (χ1n) is 10.7. The molecule has 4 heterocycles. The molecule has 0 aromatic heterocycles. The third-order valence-electron chi connectivity index (χ3n) is 7.30. The van der Waals surface area contributed by atoms with Crippen molar-refractivity contribution in [2.24, 2.45) is 11.8 Å². The van der Waals surface area contributed by atoms with Crippen molar-refractivity contribution in [3.05, 3.63) is 53.1 Å². The third kappa shape index (κ3) is 2.89. The highest BCUT2D eigenvalue weighted by atomic mass is 17.2. The Morgan fingerprint density at radius 3 is 2.33 bits per heavy atom. The van der Waals surface area contributed by atoms with Crippen molar-refractivity contribution in [2.75, 3.05) is 13.8 Å². The molecule has 0 spiro atoms. The molecule has 4 unspecified atom stereocenters. The molecular weight excluding hydrogens is 382 g/mol. The van der Waals surface area contributed by atoms with E-state index in [2.05, 4.69) is 30.1 Å². The zero-order valence-electron chi connectivity index (χ0n) is 17.0. The highest BCUT2D eigenvalue weighted by molar-refractivity contribution is 5.86. The summed E-state index contributed by atoms with van der Waals surface area (Å²) >= 11 is 0. The molecule has 2 saturated heterocycles. The lowest BCUT2D eigenvalue weighted by Crippen LogP contribution is -2.53. The van der Waals surface area contributed by atoms with E-state index in [1.165, 1.54) is 5.56 Å². The molecule has 4 atom stereocenters. The van der Waals surface area contributed by atoms with Crippen LogP contribution in [0.2, 0.25) is 0 Å². The van der Waals surface area contributed by atoms with Crippen molar-refractivity contribution in [2.45, 2.75) is 44.4 Å². The Balaban J connectivity index is 1.26. The summed E-state index contributed by atoms with van der Waals surface area (Å²) in [6.07, 6.45) is 3.70. The molecule has 6 heteroatoms. The van der Waals surface area contributed by atoms with Gasteiger partial charge in [-0.1, -0.05) is 12.1 Å². The Morgan fingerprint density at radius 2 is 1.57 bits per heavy atom. The van der Waals surface area contributed by atoms with Gasteiger partial charge in [0.2, 0.25) is 6.79 Å². The third-order valence-corrected chi connectivity index (χ3v) is 7.30. The molecule has 0 N–H and O–H groups in total. The van der Waals surface area contributed by atoms with Crippen LogP contribution in [-0.2, 0) is 29.1 Å². The maximum atomic E-state index is 13.7. The molecule has 4 aliphatic rings. The Kier molecular flexibility index (Phi) is 4.25. The smallest absolute Gasteiger partial charge is 0.231 e. The van der Waals surface area contributed by atoms with Gasteiger partial charge in [0.15, 0.2) is 17.2 Å². The summed E-state index contributed by atoms with van der Waals surface area (Å²) in [7, 11) is 2.19. The summed E-state index contributed by atoms with van der Waals surface area (Å²) in [6.45, 7) is 0.743. The van der Waals surface area contributed by atoms with Crippen LogP contribution < -0.4 is 14.4 Å². The first-order chi connectivity index (χ1) is 14.7. The number of carbonyl (C=O) groups is 1. The van der Waals surface area contributed by atoms with E-state index in [4.69, 9.17) is 19.2 Å². The topological polar surface area (TPSA) is 57.2 Å². The number of hydrogen-bond acceptors (Lipinski definition) is 6. The van der Waals surface area contributed by atoms with Crippen molar-refractivity contribution in [3.8, 4) is 17.2 Å². The molecule has 0 amide bonds. The van der Waals surface area contributed by atoms with Crippen molar-refractivity contribution >= 4 is 5.78 Å². The Bertz CT molecular complexity index is 928. The quantitative estimate of drug-likeness (QED) is 0.725. The number of carbonyl (C=O) groups excluding carboxylic acids is 1. The fraction of sp³-hybridized carbons (Fsp3) is 0.458. The van der Waals surface area contributed by atoms with Crippen LogP contribution in [0.3, 0.4) is 0 Å². The van der Waals surface area contributed by atoms with Crippen molar-refractivity contribution in [1.29, 1.82) is 0 Å². The minimum Gasteiger partial charge on any atom is -0.454 e. The molecule has 2 aromatic carbocycles. The second-order valence-corrected chi connectivity index (χ2v) is 8.88. The Morgan fingerprint density at radius 1 is 0.900 bits per heavy atom. The Labute approximate surface area is 175 Å². The van der Waals surface area contributed by atoms with Gasteiger partial charge in [-0.2, -0.15) is 4.89 Å². The van der Waals surface area contributed by atoms with E-state index < -0.39 is 0 Å². The van der Waals surface area contributed by atoms with Gasteiger partial charge in [-0.15, -0.1) is 0 Å². The summed E-state index contributed by atoms with van der Waals surface area (Å²) in [5, 5.41) is 0. The second kappa shape index (κ2) is 7.00. The molecule has 6 nitrogen and oxygen atoms in total. The second-order valence-electron chi connectivity index (χ2n) is 8.88. The zero-order valence-corrected chi connectivity index (χ0v) is 17.0. The van der Waals surface area contributed by atoms with Crippen LogP contribution in [0.25, 0.3) is 0 Å². The normalized spacial score (nSPS) is 29.2. The molecule has 2 bridgehead atoms. The number of fused-ring (bicyclic) bond motifs is 4. The highest BCUT2D eigenvalue weighted by Gasteiger charge is 2.50. The molecule has 4 aliphatic heterocycles. The van der Waals surface area contributed by atoms with Gasteiger partial charge < -0.3 is 14.4 Å². The van der Waals surface area contributed by atoms with E-state index in [1.807, 2.05) is 18.2 Å². The average molecular weight is 407 g/mol. The molecule has 6 rings (SSSR count). The molecule has 0 aliphatic carbocycles. The summed E-state index contributed by atoms with van der Waals surface area (Å²) in [6, 6.07) is 12.9. The number of nitrogens with zero attached hydrogens (tertiary/aromatic N) is 1. The lowest BCUT2D eigenvalue weighted by atomic mass is 9.76. The molecular formula is C24H25NO5. The number of ketones is 1. The number of Topliss-reactive ketones (excluding diaryl/α,β-unsaturated/α-hetero) is 1. The van der Waals surface area contributed by atoms with E-state index in [-0.39, 0.29) is 18.6 Å². The van der Waals surface area contributed by atoms with Crippen molar-refractivity contribution in [1.82, 2.24) is 4.90 Å². The van der Waals surface area contributed by atoms with Gasteiger partial charge in [0, 0.05) is 29.5 Å². The molecule has 30 heavy (non-hydrogen) atoms. The van der Waals surface area contributed by atoms with Gasteiger partial charge in [-0.3, -0.25) is 9.69 Å². The van der Waals surface area contributed by atoms with Crippen LogP contribution in [0.15, 0.2) is 36.4 Å². The van der Waals surface area contributed by atoms with Crippen LogP contribution in [0.5, 0.6) is 17.2 Å². The number of hydrogen-bond donors (Lipinski definition) is 0. The number of benzene rings is 2. The molecule has 156 valence electrons. The van der Waals surface area contributed by atoms with Gasteiger partial charge in [0.05, 0.1) is 0 Å². The maximum absolute atomic E-state index is 13.7. The summed E-state index contributed by atoms with van der Waals surface area (Å²) in [5.41, 5.74) is 3.38. The van der Waals surface area contributed by atoms with Gasteiger partial charge in [-0.25, -0.2) is 0 Å². The number of ether oxygens (including phenoxy) is 2. The van der Waals surface area contributed by atoms with Crippen LogP contribution >= 0.6 is 0 Å².